The maximum atomic E-state index is 12.2. The number of carbonyl (C=O) groups excluding carboxylic acids is 1. The molecule has 9 nitrogen and oxygen atoms in total. The van der Waals surface area contributed by atoms with E-state index in [1.165, 1.54) is 10.6 Å². The molecular formula is C19H23N5O4. The first-order valence-corrected chi connectivity index (χ1v) is 9.08. The van der Waals surface area contributed by atoms with Crippen LogP contribution in [0.2, 0.25) is 0 Å². The number of hydrogen-bond donors (Lipinski definition) is 2. The molecular weight excluding hydrogens is 362 g/mol. The molecule has 3 aromatic rings. The Morgan fingerprint density at radius 3 is 2.68 bits per heavy atom. The molecule has 0 unspecified atom stereocenters. The van der Waals surface area contributed by atoms with Gasteiger partial charge >= 0.3 is 5.97 Å². The van der Waals surface area contributed by atoms with Crippen LogP contribution in [0.1, 0.15) is 32.0 Å². The third-order valence-corrected chi connectivity index (χ3v) is 3.77. The highest BCUT2D eigenvalue weighted by atomic mass is 16.5. The van der Waals surface area contributed by atoms with Gasteiger partial charge in [-0.15, -0.1) is 0 Å². The topological polar surface area (TPSA) is 111 Å². The normalized spacial score (nSPS) is 11.0. The summed E-state index contributed by atoms with van der Waals surface area (Å²) in [6.45, 7) is 6.46. The van der Waals surface area contributed by atoms with Gasteiger partial charge in [0.1, 0.15) is 5.75 Å². The molecule has 3 rings (SSSR count). The average molecular weight is 385 g/mol. The molecule has 0 saturated heterocycles. The lowest BCUT2D eigenvalue weighted by Crippen LogP contribution is -2.18. The van der Waals surface area contributed by atoms with Gasteiger partial charge in [-0.2, -0.15) is 9.50 Å². The number of esters is 1. The lowest BCUT2D eigenvalue weighted by molar-refractivity contribution is -0.142. The standard InChI is InChI=1S/C19H23N5O4/c1-4-27-17(26)10-14-9-16(25)24-19(21-14)22-18(23-24)20-11-13-5-7-15(8-6-13)28-12(2)3/h5-9,12H,4,10-11H2,1-3H3,(H2,20,21,22,23). The number of rotatable bonds is 8. The van der Waals surface area contributed by atoms with Crippen LogP contribution in [0.25, 0.3) is 5.78 Å². The van der Waals surface area contributed by atoms with Crippen LogP contribution >= 0.6 is 0 Å². The van der Waals surface area contributed by atoms with E-state index in [4.69, 9.17) is 9.47 Å². The third kappa shape index (κ3) is 4.87. The quantitative estimate of drug-likeness (QED) is 0.570. The predicted molar refractivity (Wildman–Crippen MR) is 103 cm³/mol. The van der Waals surface area contributed by atoms with E-state index in [-0.39, 0.29) is 30.5 Å². The molecule has 2 N–H and O–H groups in total. The first-order chi connectivity index (χ1) is 13.4. The van der Waals surface area contributed by atoms with Crippen molar-refractivity contribution in [1.29, 1.82) is 0 Å². The molecule has 0 fully saturated rings. The van der Waals surface area contributed by atoms with Gasteiger partial charge in [-0.3, -0.25) is 14.7 Å². The maximum Gasteiger partial charge on any atom is 0.311 e. The minimum atomic E-state index is -0.433. The van der Waals surface area contributed by atoms with Crippen LogP contribution < -0.4 is 15.6 Å². The zero-order chi connectivity index (χ0) is 20.1. The van der Waals surface area contributed by atoms with Crippen molar-refractivity contribution in [1.82, 2.24) is 19.6 Å². The Morgan fingerprint density at radius 1 is 1.25 bits per heavy atom. The number of hydrogen-bond acceptors (Lipinski definition) is 7. The second-order valence-electron chi connectivity index (χ2n) is 6.44. The number of benzene rings is 1. The van der Waals surface area contributed by atoms with E-state index in [0.717, 1.165) is 11.3 Å². The molecule has 0 radical (unpaired) electrons. The fraction of sp³-hybridized carbons (Fsp3) is 0.368. The summed E-state index contributed by atoms with van der Waals surface area (Å²) in [5.41, 5.74) is 1.00. The van der Waals surface area contributed by atoms with Gasteiger partial charge in [0.05, 0.1) is 24.8 Å². The summed E-state index contributed by atoms with van der Waals surface area (Å²) in [4.78, 5) is 32.3. The second kappa shape index (κ2) is 8.55. The Labute approximate surface area is 161 Å². The SMILES string of the molecule is CCOC(=O)Cc1cc(=O)n2[nH]c(NCc3ccc(OC(C)C)cc3)nc2n1. The maximum absolute atomic E-state index is 12.2. The number of ether oxygens (including phenoxy) is 2. The van der Waals surface area contributed by atoms with Crippen molar-refractivity contribution in [2.75, 3.05) is 11.9 Å². The molecule has 148 valence electrons. The largest absolute Gasteiger partial charge is 0.491 e. The molecule has 2 aromatic heterocycles. The van der Waals surface area contributed by atoms with Crippen molar-refractivity contribution in [3.05, 3.63) is 51.9 Å². The Balaban J connectivity index is 1.69. The minimum absolute atomic E-state index is 0.0694. The number of aromatic amines is 1. The van der Waals surface area contributed by atoms with Crippen molar-refractivity contribution in [3.63, 3.8) is 0 Å². The zero-order valence-electron chi connectivity index (χ0n) is 16.1. The van der Waals surface area contributed by atoms with Gasteiger partial charge in [-0.05, 0) is 38.5 Å². The molecule has 0 atom stereocenters. The number of aromatic nitrogens is 4. The van der Waals surface area contributed by atoms with E-state index >= 15 is 0 Å². The van der Waals surface area contributed by atoms with E-state index < -0.39 is 5.97 Å². The Hall–Kier alpha value is -3.36. The fourth-order valence-electron chi connectivity index (χ4n) is 2.60. The second-order valence-corrected chi connectivity index (χ2v) is 6.44. The lowest BCUT2D eigenvalue weighted by Gasteiger charge is -2.10. The summed E-state index contributed by atoms with van der Waals surface area (Å²) in [7, 11) is 0. The van der Waals surface area contributed by atoms with Crippen LogP contribution in [-0.4, -0.2) is 38.3 Å². The molecule has 1 aromatic carbocycles. The number of anilines is 1. The Bertz CT molecular complexity index is 1010. The highest BCUT2D eigenvalue weighted by Crippen LogP contribution is 2.14. The van der Waals surface area contributed by atoms with Crippen molar-refractivity contribution < 1.29 is 14.3 Å². The molecule has 0 aliphatic heterocycles. The molecule has 0 aliphatic carbocycles. The van der Waals surface area contributed by atoms with Crippen LogP contribution in [0, 0.1) is 0 Å². The summed E-state index contributed by atoms with van der Waals surface area (Å²) < 4.78 is 11.7. The van der Waals surface area contributed by atoms with Gasteiger partial charge in [0.25, 0.3) is 11.3 Å². The smallest absolute Gasteiger partial charge is 0.311 e. The van der Waals surface area contributed by atoms with Crippen LogP contribution in [0.4, 0.5) is 5.95 Å². The number of nitrogens with zero attached hydrogens (tertiary/aromatic N) is 3. The molecule has 0 saturated carbocycles. The lowest BCUT2D eigenvalue weighted by atomic mass is 10.2. The van der Waals surface area contributed by atoms with Gasteiger partial charge in [0.15, 0.2) is 0 Å². The Morgan fingerprint density at radius 2 is 2.00 bits per heavy atom. The number of fused-ring (bicyclic) bond motifs is 1. The summed E-state index contributed by atoms with van der Waals surface area (Å²) in [5.74, 6) is 0.972. The monoisotopic (exact) mass is 385 g/mol. The molecule has 0 bridgehead atoms. The summed E-state index contributed by atoms with van der Waals surface area (Å²) in [6, 6.07) is 9.01. The van der Waals surface area contributed by atoms with Gasteiger partial charge in [0.2, 0.25) is 5.95 Å². The average Bonchev–Trinajstić information content (AvgIpc) is 3.04. The van der Waals surface area contributed by atoms with Crippen LogP contribution in [0.3, 0.4) is 0 Å². The minimum Gasteiger partial charge on any atom is -0.491 e. The van der Waals surface area contributed by atoms with Crippen LogP contribution in [0.15, 0.2) is 35.1 Å². The third-order valence-electron chi connectivity index (χ3n) is 3.77. The van der Waals surface area contributed by atoms with E-state index in [0.29, 0.717) is 18.2 Å². The predicted octanol–water partition coefficient (Wildman–Crippen LogP) is 1.92. The van der Waals surface area contributed by atoms with Crippen molar-refractivity contribution >= 4 is 17.7 Å². The van der Waals surface area contributed by atoms with Crippen LogP contribution in [-0.2, 0) is 22.5 Å². The van der Waals surface area contributed by atoms with Gasteiger partial charge < -0.3 is 14.8 Å². The summed E-state index contributed by atoms with van der Waals surface area (Å²) >= 11 is 0. The number of nitrogens with one attached hydrogen (secondary N) is 2. The van der Waals surface area contributed by atoms with E-state index in [9.17, 15) is 9.59 Å². The van der Waals surface area contributed by atoms with E-state index in [1.807, 2.05) is 38.1 Å². The number of carbonyl (C=O) groups is 1. The highest BCUT2D eigenvalue weighted by Gasteiger charge is 2.11. The van der Waals surface area contributed by atoms with Crippen LogP contribution in [0.5, 0.6) is 5.75 Å². The van der Waals surface area contributed by atoms with Crippen molar-refractivity contribution in [2.24, 2.45) is 0 Å². The highest BCUT2D eigenvalue weighted by molar-refractivity contribution is 5.72. The zero-order valence-corrected chi connectivity index (χ0v) is 16.1. The van der Waals surface area contributed by atoms with Gasteiger partial charge in [-0.1, -0.05) is 12.1 Å². The van der Waals surface area contributed by atoms with Crippen molar-refractivity contribution in [2.45, 2.75) is 39.8 Å². The Kier molecular flexibility index (Phi) is 5.93. The number of H-pyrrole nitrogens is 1. The molecule has 9 heteroatoms. The van der Waals surface area contributed by atoms with Gasteiger partial charge in [-0.25, -0.2) is 4.98 Å². The first kappa shape index (κ1) is 19.4. The van der Waals surface area contributed by atoms with Gasteiger partial charge in [0, 0.05) is 12.6 Å². The fourth-order valence-corrected chi connectivity index (χ4v) is 2.60. The molecule has 2 heterocycles. The summed E-state index contributed by atoms with van der Waals surface area (Å²) in [6.07, 6.45) is 0.0547. The molecule has 0 spiro atoms. The van der Waals surface area contributed by atoms with E-state index in [1.54, 1.807) is 6.92 Å². The first-order valence-electron chi connectivity index (χ1n) is 9.08. The molecule has 0 aliphatic rings. The molecule has 28 heavy (non-hydrogen) atoms. The molecule has 0 amide bonds. The summed E-state index contributed by atoms with van der Waals surface area (Å²) in [5, 5.41) is 5.98. The van der Waals surface area contributed by atoms with Crippen molar-refractivity contribution in [3.8, 4) is 5.75 Å². The van der Waals surface area contributed by atoms with E-state index in [2.05, 4.69) is 20.4 Å².